The van der Waals surface area contributed by atoms with Gasteiger partial charge in [0.1, 0.15) is 11.9 Å². The van der Waals surface area contributed by atoms with Crippen LogP contribution in [0.2, 0.25) is 0 Å². The van der Waals surface area contributed by atoms with Gasteiger partial charge >= 0.3 is 0 Å². The first-order chi connectivity index (χ1) is 8.26. The highest BCUT2D eigenvalue weighted by atomic mass is 19.1. The standard InChI is InChI=1S/C11H12FN3O2/c1-16-9(6-13)11-14-10(15-17-11)7-4-2-3-5-8(7)12/h2-5,9H,6,13H2,1H3. The summed E-state index contributed by atoms with van der Waals surface area (Å²) in [4.78, 5) is 4.06. The molecule has 0 spiro atoms. The quantitative estimate of drug-likeness (QED) is 0.872. The Hall–Kier alpha value is -1.79. The molecule has 5 nitrogen and oxygen atoms in total. The summed E-state index contributed by atoms with van der Waals surface area (Å²) < 4.78 is 23.5. The molecular formula is C11H12FN3O2. The zero-order valence-corrected chi connectivity index (χ0v) is 9.26. The first kappa shape index (κ1) is 11.7. The van der Waals surface area contributed by atoms with Crippen molar-refractivity contribution in [1.29, 1.82) is 0 Å². The monoisotopic (exact) mass is 237 g/mol. The van der Waals surface area contributed by atoms with Gasteiger partial charge in [0.15, 0.2) is 0 Å². The van der Waals surface area contributed by atoms with Crippen LogP contribution >= 0.6 is 0 Å². The number of rotatable bonds is 4. The molecule has 0 aliphatic rings. The van der Waals surface area contributed by atoms with E-state index < -0.39 is 11.9 Å². The van der Waals surface area contributed by atoms with E-state index in [-0.39, 0.29) is 23.8 Å². The van der Waals surface area contributed by atoms with Crippen molar-refractivity contribution in [2.45, 2.75) is 6.10 Å². The predicted molar refractivity (Wildman–Crippen MR) is 58.5 cm³/mol. The van der Waals surface area contributed by atoms with Crippen molar-refractivity contribution in [3.8, 4) is 11.4 Å². The number of benzene rings is 1. The largest absolute Gasteiger partial charge is 0.370 e. The molecule has 1 atom stereocenters. The Kier molecular flexibility index (Phi) is 3.46. The fourth-order valence-corrected chi connectivity index (χ4v) is 1.42. The third-order valence-electron chi connectivity index (χ3n) is 2.33. The summed E-state index contributed by atoms with van der Waals surface area (Å²) in [5, 5.41) is 3.70. The molecule has 1 aromatic carbocycles. The summed E-state index contributed by atoms with van der Waals surface area (Å²) in [6, 6.07) is 6.21. The van der Waals surface area contributed by atoms with Gasteiger partial charge < -0.3 is 15.0 Å². The summed E-state index contributed by atoms with van der Waals surface area (Å²) in [7, 11) is 1.49. The molecule has 17 heavy (non-hydrogen) atoms. The molecule has 0 aliphatic heterocycles. The smallest absolute Gasteiger partial charge is 0.257 e. The van der Waals surface area contributed by atoms with Crippen molar-refractivity contribution < 1.29 is 13.7 Å². The Bertz CT molecular complexity index is 497. The van der Waals surface area contributed by atoms with E-state index in [0.717, 1.165) is 0 Å². The Balaban J connectivity index is 2.33. The number of nitrogens with zero attached hydrogens (tertiary/aromatic N) is 2. The Morgan fingerprint density at radius 2 is 2.24 bits per heavy atom. The summed E-state index contributed by atoms with van der Waals surface area (Å²) in [5.41, 5.74) is 5.75. The second-order valence-electron chi connectivity index (χ2n) is 3.40. The molecule has 2 N–H and O–H groups in total. The molecule has 90 valence electrons. The van der Waals surface area contributed by atoms with Gasteiger partial charge in [0.2, 0.25) is 5.82 Å². The second kappa shape index (κ2) is 5.03. The zero-order chi connectivity index (χ0) is 12.3. The molecule has 1 aromatic heterocycles. The number of hydrogen-bond acceptors (Lipinski definition) is 5. The average molecular weight is 237 g/mol. The lowest BCUT2D eigenvalue weighted by molar-refractivity contribution is 0.0804. The van der Waals surface area contributed by atoms with Crippen molar-refractivity contribution >= 4 is 0 Å². The van der Waals surface area contributed by atoms with Gasteiger partial charge in [0.05, 0.1) is 5.56 Å². The van der Waals surface area contributed by atoms with Gasteiger partial charge in [-0.05, 0) is 12.1 Å². The minimum absolute atomic E-state index is 0.189. The number of halogens is 1. The van der Waals surface area contributed by atoms with Gasteiger partial charge in [-0.25, -0.2) is 4.39 Å². The van der Waals surface area contributed by atoms with E-state index in [2.05, 4.69) is 10.1 Å². The van der Waals surface area contributed by atoms with Crippen LogP contribution in [-0.4, -0.2) is 23.8 Å². The number of ether oxygens (including phenoxy) is 1. The topological polar surface area (TPSA) is 74.2 Å². The fraction of sp³-hybridized carbons (Fsp3) is 0.273. The molecule has 0 aliphatic carbocycles. The molecule has 6 heteroatoms. The maximum Gasteiger partial charge on any atom is 0.257 e. The van der Waals surface area contributed by atoms with Crippen molar-refractivity contribution in [3.05, 3.63) is 36.0 Å². The van der Waals surface area contributed by atoms with Gasteiger partial charge in [-0.3, -0.25) is 0 Å². The van der Waals surface area contributed by atoms with Crippen molar-refractivity contribution in [1.82, 2.24) is 10.1 Å². The molecule has 1 unspecified atom stereocenters. The molecule has 1 heterocycles. The predicted octanol–water partition coefficient (Wildman–Crippen LogP) is 1.52. The molecule has 0 saturated carbocycles. The van der Waals surface area contributed by atoms with Crippen molar-refractivity contribution in [2.24, 2.45) is 5.73 Å². The van der Waals surface area contributed by atoms with Gasteiger partial charge in [0.25, 0.3) is 5.89 Å². The summed E-state index contributed by atoms with van der Waals surface area (Å²) >= 11 is 0. The molecular weight excluding hydrogens is 225 g/mol. The minimum atomic E-state index is -0.469. The first-order valence-electron chi connectivity index (χ1n) is 5.07. The molecule has 0 saturated heterocycles. The molecule has 2 rings (SSSR count). The SMILES string of the molecule is COC(CN)c1nc(-c2ccccc2F)no1. The molecule has 0 fully saturated rings. The van der Waals surface area contributed by atoms with Crippen LogP contribution in [0.3, 0.4) is 0 Å². The lowest BCUT2D eigenvalue weighted by Gasteiger charge is -2.05. The van der Waals surface area contributed by atoms with Gasteiger partial charge in [-0.1, -0.05) is 17.3 Å². The normalized spacial score (nSPS) is 12.6. The van der Waals surface area contributed by atoms with Crippen LogP contribution in [0.1, 0.15) is 12.0 Å². The number of nitrogens with two attached hydrogens (primary N) is 1. The van der Waals surface area contributed by atoms with E-state index in [4.69, 9.17) is 15.0 Å². The van der Waals surface area contributed by atoms with E-state index in [9.17, 15) is 4.39 Å². The van der Waals surface area contributed by atoms with Crippen LogP contribution in [0.5, 0.6) is 0 Å². The summed E-state index contributed by atoms with van der Waals surface area (Å²) in [6.07, 6.45) is -0.469. The van der Waals surface area contributed by atoms with E-state index in [1.807, 2.05) is 0 Å². The van der Waals surface area contributed by atoms with Crippen LogP contribution < -0.4 is 5.73 Å². The van der Waals surface area contributed by atoms with Crippen LogP contribution in [-0.2, 0) is 4.74 Å². The van der Waals surface area contributed by atoms with E-state index in [0.29, 0.717) is 0 Å². The number of hydrogen-bond donors (Lipinski definition) is 1. The lowest BCUT2D eigenvalue weighted by atomic mass is 10.2. The zero-order valence-electron chi connectivity index (χ0n) is 9.26. The maximum atomic E-state index is 13.5. The minimum Gasteiger partial charge on any atom is -0.370 e. The van der Waals surface area contributed by atoms with Gasteiger partial charge in [0, 0.05) is 13.7 Å². The highest BCUT2D eigenvalue weighted by Crippen LogP contribution is 2.21. The lowest BCUT2D eigenvalue weighted by Crippen LogP contribution is -2.14. The van der Waals surface area contributed by atoms with Gasteiger partial charge in [-0.2, -0.15) is 4.98 Å². The summed E-state index contributed by atoms with van der Waals surface area (Å²) in [5.74, 6) is 0.0309. The van der Waals surface area contributed by atoms with Crippen LogP contribution in [0.4, 0.5) is 4.39 Å². The third kappa shape index (κ3) is 2.32. The fourth-order valence-electron chi connectivity index (χ4n) is 1.42. The first-order valence-corrected chi connectivity index (χ1v) is 5.07. The van der Waals surface area contributed by atoms with E-state index in [1.54, 1.807) is 18.2 Å². The number of aromatic nitrogens is 2. The highest BCUT2D eigenvalue weighted by Gasteiger charge is 2.18. The van der Waals surface area contributed by atoms with E-state index in [1.165, 1.54) is 13.2 Å². The summed E-state index contributed by atoms with van der Waals surface area (Å²) in [6.45, 7) is 0.218. The Morgan fingerprint density at radius 1 is 1.47 bits per heavy atom. The molecule has 0 radical (unpaired) electrons. The molecule has 2 aromatic rings. The number of methoxy groups -OCH3 is 1. The maximum absolute atomic E-state index is 13.5. The molecule has 0 bridgehead atoms. The van der Waals surface area contributed by atoms with Crippen molar-refractivity contribution in [2.75, 3.05) is 13.7 Å². The van der Waals surface area contributed by atoms with Crippen LogP contribution in [0, 0.1) is 5.82 Å². The Labute approximate surface area is 97.4 Å². The Morgan fingerprint density at radius 3 is 2.88 bits per heavy atom. The third-order valence-corrected chi connectivity index (χ3v) is 2.33. The highest BCUT2D eigenvalue weighted by molar-refractivity contribution is 5.54. The van der Waals surface area contributed by atoms with Gasteiger partial charge in [-0.15, -0.1) is 0 Å². The van der Waals surface area contributed by atoms with E-state index >= 15 is 0 Å². The van der Waals surface area contributed by atoms with Crippen LogP contribution in [0.25, 0.3) is 11.4 Å². The second-order valence-corrected chi connectivity index (χ2v) is 3.40. The molecule has 0 amide bonds. The van der Waals surface area contributed by atoms with Crippen molar-refractivity contribution in [3.63, 3.8) is 0 Å². The van der Waals surface area contributed by atoms with Crippen LogP contribution in [0.15, 0.2) is 28.8 Å². The average Bonchev–Trinajstić information content (AvgIpc) is 2.81.